The molecule has 0 amide bonds. The summed E-state index contributed by atoms with van der Waals surface area (Å²) in [6, 6.07) is 11.8. The summed E-state index contributed by atoms with van der Waals surface area (Å²) in [5.41, 5.74) is 3.53. The first-order valence-electron chi connectivity index (χ1n) is 12.2. The Bertz CT molecular complexity index is 1340. The van der Waals surface area contributed by atoms with Crippen molar-refractivity contribution in [1.82, 2.24) is 24.2 Å². The fraction of sp³-hybridized carbons (Fsp3) is 0.423. The zero-order chi connectivity index (χ0) is 26.6. The van der Waals surface area contributed by atoms with Gasteiger partial charge in [0.1, 0.15) is 5.82 Å². The number of hydrogen-bond acceptors (Lipinski definition) is 7. The van der Waals surface area contributed by atoms with Gasteiger partial charge in [-0.3, -0.25) is 0 Å². The Morgan fingerprint density at radius 3 is 2.62 bits per heavy atom. The Labute approximate surface area is 216 Å². The molecule has 3 aromatic rings. The summed E-state index contributed by atoms with van der Waals surface area (Å²) in [4.78, 5) is 14.3. The van der Waals surface area contributed by atoms with Crippen molar-refractivity contribution in [2.45, 2.75) is 39.4 Å². The van der Waals surface area contributed by atoms with E-state index < -0.39 is 10.0 Å². The van der Waals surface area contributed by atoms with E-state index in [0.717, 1.165) is 11.1 Å². The van der Waals surface area contributed by atoms with Crippen LogP contribution in [0.5, 0.6) is 0 Å². The lowest BCUT2D eigenvalue weighted by molar-refractivity contribution is 0.0486. The summed E-state index contributed by atoms with van der Waals surface area (Å²) in [6.07, 6.45) is 2.23. The summed E-state index contributed by atoms with van der Waals surface area (Å²) >= 11 is 0. The Hall–Kier alpha value is -3.15. The summed E-state index contributed by atoms with van der Waals surface area (Å²) in [7, 11) is -1.58. The average molecular weight is 530 g/mol. The van der Waals surface area contributed by atoms with E-state index in [1.54, 1.807) is 36.5 Å². The minimum atomic E-state index is -3.45. The molecule has 0 spiro atoms. The third-order valence-electron chi connectivity index (χ3n) is 6.39. The van der Waals surface area contributed by atoms with Crippen molar-refractivity contribution in [2.75, 3.05) is 32.5 Å². The number of esters is 1. The molecule has 198 valence electrons. The Kier molecular flexibility index (Phi) is 8.35. The first-order chi connectivity index (χ1) is 17.6. The second kappa shape index (κ2) is 11.5. The quantitative estimate of drug-likeness (QED) is 0.294. The minimum absolute atomic E-state index is 0.00915. The van der Waals surface area contributed by atoms with E-state index in [1.807, 2.05) is 31.9 Å². The van der Waals surface area contributed by atoms with E-state index >= 15 is 0 Å². The SMILES string of the molecule is Cc1cc(C)cc(C(=O)OCCCN(C)C2CN(Cc3cn(Cc4ccccc4F)nn3)S(=O)(=O)C2)c1. The van der Waals surface area contributed by atoms with Crippen LogP contribution >= 0.6 is 0 Å². The molecule has 37 heavy (non-hydrogen) atoms. The smallest absolute Gasteiger partial charge is 0.338 e. The maximum absolute atomic E-state index is 13.9. The number of carbonyl (C=O) groups is 1. The van der Waals surface area contributed by atoms with Gasteiger partial charge in [-0.2, -0.15) is 4.31 Å². The van der Waals surface area contributed by atoms with E-state index in [0.29, 0.717) is 36.3 Å². The van der Waals surface area contributed by atoms with E-state index in [9.17, 15) is 17.6 Å². The molecule has 1 unspecified atom stereocenters. The van der Waals surface area contributed by atoms with Crippen LogP contribution in [0.1, 0.15) is 39.2 Å². The topological polar surface area (TPSA) is 97.6 Å². The lowest BCUT2D eigenvalue weighted by Crippen LogP contribution is -2.37. The van der Waals surface area contributed by atoms with Gasteiger partial charge >= 0.3 is 5.97 Å². The van der Waals surface area contributed by atoms with E-state index in [1.165, 1.54) is 15.1 Å². The number of carbonyl (C=O) groups excluding carboxylic acids is 1. The second-order valence-corrected chi connectivity index (χ2v) is 11.6. The second-order valence-electron chi connectivity index (χ2n) is 9.57. The Morgan fingerprint density at radius 1 is 1.16 bits per heavy atom. The maximum Gasteiger partial charge on any atom is 0.338 e. The molecule has 1 fully saturated rings. The fourth-order valence-electron chi connectivity index (χ4n) is 4.49. The number of aryl methyl sites for hydroxylation is 2. The summed E-state index contributed by atoms with van der Waals surface area (Å²) in [5, 5.41) is 8.09. The number of sulfonamides is 1. The zero-order valence-corrected chi connectivity index (χ0v) is 22.1. The molecule has 1 aromatic heterocycles. The van der Waals surface area contributed by atoms with Crippen LogP contribution in [0.25, 0.3) is 0 Å². The zero-order valence-electron chi connectivity index (χ0n) is 21.3. The molecule has 0 aliphatic carbocycles. The lowest BCUT2D eigenvalue weighted by atomic mass is 10.1. The molecule has 2 heterocycles. The molecule has 0 radical (unpaired) electrons. The monoisotopic (exact) mass is 529 g/mol. The molecular weight excluding hydrogens is 497 g/mol. The molecule has 1 atom stereocenters. The van der Waals surface area contributed by atoms with Crippen LogP contribution in [0.15, 0.2) is 48.7 Å². The highest BCUT2D eigenvalue weighted by Gasteiger charge is 2.38. The van der Waals surface area contributed by atoms with Gasteiger partial charge < -0.3 is 9.64 Å². The molecule has 1 aliphatic rings. The largest absolute Gasteiger partial charge is 0.462 e. The third kappa shape index (κ3) is 7.00. The fourth-order valence-corrected chi connectivity index (χ4v) is 6.27. The van der Waals surface area contributed by atoms with Crippen LogP contribution in [0.2, 0.25) is 0 Å². The number of hydrogen-bond donors (Lipinski definition) is 0. The highest BCUT2D eigenvalue weighted by atomic mass is 32.2. The Balaban J connectivity index is 1.25. The van der Waals surface area contributed by atoms with Crippen LogP contribution in [0.4, 0.5) is 4.39 Å². The molecule has 4 rings (SSSR count). The number of aromatic nitrogens is 3. The van der Waals surface area contributed by atoms with E-state index in [4.69, 9.17) is 4.74 Å². The number of ether oxygens (including phenoxy) is 1. The molecule has 0 N–H and O–H groups in total. The van der Waals surface area contributed by atoms with Crippen molar-refractivity contribution < 1.29 is 22.3 Å². The summed E-state index contributed by atoms with van der Waals surface area (Å²) in [5.74, 6) is -0.672. The molecule has 11 heteroatoms. The highest BCUT2D eigenvalue weighted by Crippen LogP contribution is 2.21. The molecule has 2 aromatic carbocycles. The predicted molar refractivity (Wildman–Crippen MR) is 137 cm³/mol. The summed E-state index contributed by atoms with van der Waals surface area (Å²) < 4.78 is 47.8. The molecule has 1 aliphatic heterocycles. The average Bonchev–Trinajstić information content (AvgIpc) is 3.40. The molecule has 9 nitrogen and oxygen atoms in total. The first kappa shape index (κ1) is 26.9. The van der Waals surface area contributed by atoms with Crippen molar-refractivity contribution in [2.24, 2.45) is 0 Å². The molecule has 1 saturated heterocycles. The number of nitrogens with zero attached hydrogens (tertiary/aromatic N) is 5. The van der Waals surface area contributed by atoms with Crippen molar-refractivity contribution in [1.29, 1.82) is 0 Å². The standard InChI is InChI=1S/C26H32FN5O4S/c1-19-11-20(2)13-22(12-19)26(33)36-10-6-9-30(3)24-17-32(37(34,35)18-24)16-23-15-31(29-28-23)14-21-7-4-5-8-25(21)27/h4-5,7-8,11-13,15,24H,6,9-10,14,16-18H2,1-3H3. The van der Waals surface area contributed by atoms with E-state index in [2.05, 4.69) is 10.3 Å². The molecule has 0 bridgehead atoms. The predicted octanol–water partition coefficient (Wildman–Crippen LogP) is 2.78. The maximum atomic E-state index is 13.9. The van der Waals surface area contributed by atoms with Gasteiger partial charge in [0.25, 0.3) is 0 Å². The number of rotatable bonds is 10. The van der Waals surface area contributed by atoms with E-state index in [-0.39, 0.29) is 43.3 Å². The van der Waals surface area contributed by atoms with Crippen LogP contribution in [0.3, 0.4) is 0 Å². The molecule has 0 saturated carbocycles. The normalized spacial score (nSPS) is 17.4. The lowest BCUT2D eigenvalue weighted by Gasteiger charge is -2.23. The van der Waals surface area contributed by atoms with Gasteiger partial charge in [0.05, 0.1) is 42.9 Å². The highest BCUT2D eigenvalue weighted by molar-refractivity contribution is 7.89. The van der Waals surface area contributed by atoms with Crippen LogP contribution < -0.4 is 0 Å². The van der Waals surface area contributed by atoms with Crippen molar-refractivity contribution in [3.63, 3.8) is 0 Å². The minimum Gasteiger partial charge on any atom is -0.462 e. The van der Waals surface area contributed by atoms with Crippen LogP contribution in [-0.2, 0) is 27.8 Å². The third-order valence-corrected chi connectivity index (χ3v) is 8.27. The van der Waals surface area contributed by atoms with Gasteiger partial charge in [0, 0.05) is 24.7 Å². The number of benzene rings is 2. The Morgan fingerprint density at radius 2 is 1.89 bits per heavy atom. The van der Waals surface area contributed by atoms with Gasteiger partial charge in [0.15, 0.2) is 0 Å². The van der Waals surface area contributed by atoms with Crippen molar-refractivity contribution in [3.05, 3.63) is 82.4 Å². The number of likely N-dealkylation sites (N-methyl/N-ethyl adjacent to an activating group) is 1. The van der Waals surface area contributed by atoms with Crippen molar-refractivity contribution >= 4 is 16.0 Å². The van der Waals surface area contributed by atoms with Crippen LogP contribution in [-0.4, -0.2) is 77.1 Å². The van der Waals surface area contributed by atoms with Gasteiger partial charge in [-0.05, 0) is 45.5 Å². The number of halogens is 1. The van der Waals surface area contributed by atoms with Crippen molar-refractivity contribution in [3.8, 4) is 0 Å². The summed E-state index contributed by atoms with van der Waals surface area (Å²) in [6.45, 7) is 5.37. The van der Waals surface area contributed by atoms with Gasteiger partial charge in [0.2, 0.25) is 10.0 Å². The van der Waals surface area contributed by atoms with Gasteiger partial charge in [-0.25, -0.2) is 22.3 Å². The van der Waals surface area contributed by atoms with Gasteiger partial charge in [-0.15, -0.1) is 5.10 Å². The first-order valence-corrected chi connectivity index (χ1v) is 13.8. The molecular formula is C26H32FN5O4S. The van der Waals surface area contributed by atoms with Gasteiger partial charge in [-0.1, -0.05) is 40.6 Å². The van der Waals surface area contributed by atoms with Crippen LogP contribution in [0, 0.1) is 19.7 Å².